The number of ether oxygens (including phenoxy) is 1. The molecule has 0 aromatic heterocycles. The molecule has 1 amide bonds. The van der Waals surface area contributed by atoms with E-state index in [1.807, 2.05) is 30.3 Å². The predicted octanol–water partition coefficient (Wildman–Crippen LogP) is 2.98. The Morgan fingerprint density at radius 2 is 1.54 bits per heavy atom. The highest BCUT2D eigenvalue weighted by atomic mass is 16.5. The Balaban J connectivity index is 1.82. The van der Waals surface area contributed by atoms with Crippen LogP contribution in [0.15, 0.2) is 72.8 Å². The SMILES string of the molecule is COc1ccc(-c2cccc(C(=O)Nc3cccc(C(=O)[O-])c3)c2)cc1. The average molecular weight is 346 g/mol. The molecule has 3 aromatic carbocycles. The third-order valence-electron chi connectivity index (χ3n) is 3.90. The van der Waals surface area contributed by atoms with Crippen LogP contribution in [0.1, 0.15) is 20.7 Å². The number of carboxylic acid groups (broad SMARTS) is 1. The van der Waals surface area contributed by atoms with Crippen molar-refractivity contribution in [3.8, 4) is 16.9 Å². The molecule has 0 atom stereocenters. The third-order valence-corrected chi connectivity index (χ3v) is 3.90. The first kappa shape index (κ1) is 17.2. The smallest absolute Gasteiger partial charge is 0.255 e. The van der Waals surface area contributed by atoms with Crippen molar-refractivity contribution in [2.45, 2.75) is 0 Å². The molecule has 3 rings (SSSR count). The minimum atomic E-state index is -1.29. The molecule has 0 radical (unpaired) electrons. The van der Waals surface area contributed by atoms with Crippen molar-refractivity contribution in [1.82, 2.24) is 0 Å². The lowest BCUT2D eigenvalue weighted by Crippen LogP contribution is -2.22. The van der Waals surface area contributed by atoms with Crippen LogP contribution in [0.2, 0.25) is 0 Å². The van der Waals surface area contributed by atoms with Crippen molar-refractivity contribution in [1.29, 1.82) is 0 Å². The van der Waals surface area contributed by atoms with Crippen LogP contribution in [0.4, 0.5) is 5.69 Å². The van der Waals surface area contributed by atoms with E-state index in [0.29, 0.717) is 11.3 Å². The van der Waals surface area contributed by atoms with E-state index in [4.69, 9.17) is 4.74 Å². The van der Waals surface area contributed by atoms with Gasteiger partial charge in [-0.1, -0.05) is 36.4 Å². The van der Waals surface area contributed by atoms with Crippen molar-refractivity contribution < 1.29 is 19.4 Å². The van der Waals surface area contributed by atoms with Crippen LogP contribution in [0.3, 0.4) is 0 Å². The highest BCUT2D eigenvalue weighted by Gasteiger charge is 2.08. The third kappa shape index (κ3) is 3.89. The molecule has 0 fully saturated rings. The molecule has 5 nitrogen and oxygen atoms in total. The fourth-order valence-electron chi connectivity index (χ4n) is 2.55. The molecule has 0 aliphatic rings. The van der Waals surface area contributed by atoms with Crippen LogP contribution in [-0.4, -0.2) is 19.0 Å². The molecule has 0 spiro atoms. The lowest BCUT2D eigenvalue weighted by Gasteiger charge is -2.09. The van der Waals surface area contributed by atoms with Gasteiger partial charge in [0.1, 0.15) is 5.75 Å². The van der Waals surface area contributed by atoms with Crippen molar-refractivity contribution >= 4 is 17.6 Å². The normalized spacial score (nSPS) is 10.2. The van der Waals surface area contributed by atoms with Crippen molar-refractivity contribution in [3.05, 3.63) is 83.9 Å². The second kappa shape index (κ2) is 7.53. The topological polar surface area (TPSA) is 78.5 Å². The first-order valence-corrected chi connectivity index (χ1v) is 7.94. The van der Waals surface area contributed by atoms with Gasteiger partial charge >= 0.3 is 0 Å². The number of hydrogen-bond acceptors (Lipinski definition) is 4. The molecule has 5 heteroatoms. The molecule has 1 N–H and O–H groups in total. The summed E-state index contributed by atoms with van der Waals surface area (Å²) in [7, 11) is 1.61. The van der Waals surface area contributed by atoms with Gasteiger partial charge in [-0.05, 0) is 53.1 Å². The van der Waals surface area contributed by atoms with Crippen molar-refractivity contribution in [2.75, 3.05) is 12.4 Å². The number of benzene rings is 3. The van der Waals surface area contributed by atoms with Gasteiger partial charge < -0.3 is 20.0 Å². The maximum Gasteiger partial charge on any atom is 0.255 e. The summed E-state index contributed by atoms with van der Waals surface area (Å²) in [5, 5.41) is 13.6. The Kier molecular flexibility index (Phi) is 4.99. The maximum absolute atomic E-state index is 12.5. The monoisotopic (exact) mass is 346 g/mol. The van der Waals surface area contributed by atoms with E-state index in [2.05, 4.69) is 5.32 Å². The Hall–Kier alpha value is -3.60. The predicted molar refractivity (Wildman–Crippen MR) is 97.2 cm³/mol. The molecular weight excluding hydrogens is 330 g/mol. The van der Waals surface area contributed by atoms with Crippen LogP contribution < -0.4 is 15.2 Å². The number of carboxylic acids is 1. The number of carbonyl (C=O) groups is 2. The van der Waals surface area contributed by atoms with Crippen LogP contribution in [0.5, 0.6) is 5.75 Å². The number of methoxy groups -OCH3 is 1. The Labute approximate surface area is 150 Å². The van der Waals surface area contributed by atoms with Gasteiger partial charge in [0, 0.05) is 11.3 Å². The first-order chi connectivity index (χ1) is 12.6. The van der Waals surface area contributed by atoms with Gasteiger partial charge in [0.2, 0.25) is 0 Å². The number of hydrogen-bond donors (Lipinski definition) is 1. The van der Waals surface area contributed by atoms with Gasteiger partial charge in [-0.2, -0.15) is 0 Å². The van der Waals surface area contributed by atoms with E-state index in [1.54, 1.807) is 37.4 Å². The summed E-state index contributed by atoms with van der Waals surface area (Å²) in [5.74, 6) is -0.853. The van der Waals surface area contributed by atoms with Crippen molar-refractivity contribution in [2.24, 2.45) is 0 Å². The fraction of sp³-hybridized carbons (Fsp3) is 0.0476. The van der Waals surface area contributed by atoms with E-state index < -0.39 is 5.97 Å². The molecule has 3 aromatic rings. The highest BCUT2D eigenvalue weighted by molar-refractivity contribution is 6.05. The molecule has 0 saturated heterocycles. The summed E-state index contributed by atoms with van der Waals surface area (Å²) in [6.45, 7) is 0. The summed E-state index contributed by atoms with van der Waals surface area (Å²) in [6, 6.07) is 20.7. The minimum Gasteiger partial charge on any atom is -0.545 e. The Morgan fingerprint density at radius 1 is 0.846 bits per heavy atom. The van der Waals surface area contributed by atoms with E-state index in [-0.39, 0.29) is 11.5 Å². The van der Waals surface area contributed by atoms with Crippen molar-refractivity contribution in [3.63, 3.8) is 0 Å². The van der Waals surface area contributed by atoms with E-state index in [0.717, 1.165) is 16.9 Å². The summed E-state index contributed by atoms with van der Waals surface area (Å²) in [6.07, 6.45) is 0. The standard InChI is InChI=1S/C21H17NO4/c1-26-19-10-8-14(9-11-19)15-4-2-5-16(12-15)20(23)22-18-7-3-6-17(13-18)21(24)25/h2-13H,1H3,(H,22,23)(H,24,25)/p-1. The molecule has 0 aliphatic heterocycles. The summed E-state index contributed by atoms with van der Waals surface area (Å²) < 4.78 is 5.15. The number of rotatable bonds is 5. The highest BCUT2D eigenvalue weighted by Crippen LogP contribution is 2.23. The second-order valence-electron chi connectivity index (χ2n) is 5.63. The second-order valence-corrected chi connectivity index (χ2v) is 5.63. The molecule has 0 heterocycles. The quantitative estimate of drug-likeness (QED) is 0.770. The molecule has 130 valence electrons. The van der Waals surface area contributed by atoms with E-state index in [1.165, 1.54) is 12.1 Å². The maximum atomic E-state index is 12.5. The van der Waals surface area contributed by atoms with Crippen LogP contribution >= 0.6 is 0 Å². The summed E-state index contributed by atoms with van der Waals surface area (Å²) in [5.41, 5.74) is 2.72. The summed E-state index contributed by atoms with van der Waals surface area (Å²) in [4.78, 5) is 23.4. The number of amides is 1. The molecular formula is C21H16NO4-. The molecule has 0 bridgehead atoms. The number of anilines is 1. The van der Waals surface area contributed by atoms with Crippen LogP contribution in [0.25, 0.3) is 11.1 Å². The molecule has 26 heavy (non-hydrogen) atoms. The Bertz CT molecular complexity index is 948. The lowest BCUT2D eigenvalue weighted by atomic mass is 10.0. The number of aromatic carboxylic acids is 1. The summed E-state index contributed by atoms with van der Waals surface area (Å²) >= 11 is 0. The zero-order chi connectivity index (χ0) is 18.5. The van der Waals surface area contributed by atoms with Crippen LogP contribution in [-0.2, 0) is 0 Å². The molecule has 0 unspecified atom stereocenters. The minimum absolute atomic E-state index is 0.00906. The van der Waals surface area contributed by atoms with Gasteiger partial charge in [-0.25, -0.2) is 0 Å². The van der Waals surface area contributed by atoms with E-state index >= 15 is 0 Å². The molecule has 0 aliphatic carbocycles. The largest absolute Gasteiger partial charge is 0.545 e. The van der Waals surface area contributed by atoms with Gasteiger partial charge in [-0.15, -0.1) is 0 Å². The first-order valence-electron chi connectivity index (χ1n) is 7.94. The van der Waals surface area contributed by atoms with Gasteiger partial charge in [0.15, 0.2) is 0 Å². The average Bonchev–Trinajstić information content (AvgIpc) is 2.68. The number of nitrogens with one attached hydrogen (secondary N) is 1. The van der Waals surface area contributed by atoms with Gasteiger partial charge in [-0.3, -0.25) is 4.79 Å². The van der Waals surface area contributed by atoms with Gasteiger partial charge in [0.25, 0.3) is 5.91 Å². The zero-order valence-corrected chi connectivity index (χ0v) is 14.1. The zero-order valence-electron chi connectivity index (χ0n) is 14.1. The Morgan fingerprint density at radius 3 is 2.23 bits per heavy atom. The fourth-order valence-corrected chi connectivity index (χ4v) is 2.55. The lowest BCUT2D eigenvalue weighted by molar-refractivity contribution is -0.255. The molecule has 0 saturated carbocycles. The van der Waals surface area contributed by atoms with Gasteiger partial charge in [0.05, 0.1) is 13.1 Å². The van der Waals surface area contributed by atoms with E-state index in [9.17, 15) is 14.7 Å². The number of carbonyl (C=O) groups excluding carboxylic acids is 2. The van der Waals surface area contributed by atoms with Crippen LogP contribution in [0, 0.1) is 0 Å².